The number of aromatic nitrogens is 2. The van der Waals surface area contributed by atoms with Crippen molar-refractivity contribution in [3.63, 3.8) is 0 Å². The second-order valence-corrected chi connectivity index (χ2v) is 6.55. The number of amides is 2. The molecule has 0 radical (unpaired) electrons. The molecule has 1 fully saturated rings. The molecule has 0 saturated carbocycles. The third kappa shape index (κ3) is 4.49. The van der Waals surface area contributed by atoms with Crippen LogP contribution >= 0.6 is 0 Å². The molecule has 0 spiro atoms. The van der Waals surface area contributed by atoms with Crippen LogP contribution < -0.4 is 11.1 Å². The lowest BCUT2D eigenvalue weighted by atomic mass is 9.96. The van der Waals surface area contributed by atoms with E-state index in [1.807, 2.05) is 36.5 Å². The lowest BCUT2D eigenvalue weighted by molar-refractivity contribution is -0.135. The number of nitrogens with one attached hydrogen (secondary N) is 1. The molecule has 0 bridgehead atoms. The highest BCUT2D eigenvalue weighted by Gasteiger charge is 2.28. The first-order chi connectivity index (χ1) is 12.7. The molecule has 7 nitrogen and oxygen atoms in total. The zero-order valence-corrected chi connectivity index (χ0v) is 14.8. The maximum absolute atomic E-state index is 12.6. The number of benzene rings is 1. The van der Waals surface area contributed by atoms with Gasteiger partial charge in [0.1, 0.15) is 0 Å². The molecule has 1 saturated heterocycles. The molecule has 2 amide bonds. The van der Waals surface area contributed by atoms with Crippen LogP contribution in [0.1, 0.15) is 18.4 Å². The van der Waals surface area contributed by atoms with Gasteiger partial charge in [-0.05, 0) is 36.6 Å². The van der Waals surface area contributed by atoms with Crippen molar-refractivity contribution < 1.29 is 9.59 Å². The van der Waals surface area contributed by atoms with Crippen molar-refractivity contribution in [2.45, 2.75) is 19.3 Å². The van der Waals surface area contributed by atoms with E-state index in [0.717, 1.165) is 24.1 Å². The summed E-state index contributed by atoms with van der Waals surface area (Å²) in [6.45, 7) is 2.10. The maximum atomic E-state index is 12.6. The molecule has 3 N–H and O–H groups in total. The summed E-state index contributed by atoms with van der Waals surface area (Å²) in [5.41, 5.74) is 7.34. The summed E-state index contributed by atoms with van der Waals surface area (Å²) >= 11 is 0. The van der Waals surface area contributed by atoms with E-state index in [0.29, 0.717) is 32.6 Å². The Bertz CT molecular complexity index is 727. The van der Waals surface area contributed by atoms with E-state index in [4.69, 9.17) is 5.73 Å². The Morgan fingerprint density at radius 1 is 1.27 bits per heavy atom. The predicted octanol–water partition coefficient (Wildman–Crippen LogP) is 0.728. The Morgan fingerprint density at radius 3 is 2.77 bits per heavy atom. The minimum Gasteiger partial charge on any atom is -0.355 e. The van der Waals surface area contributed by atoms with Gasteiger partial charge in [0.15, 0.2) is 0 Å². The van der Waals surface area contributed by atoms with Gasteiger partial charge in [0.2, 0.25) is 11.8 Å². The van der Waals surface area contributed by atoms with Crippen LogP contribution in [0.4, 0.5) is 0 Å². The van der Waals surface area contributed by atoms with Gasteiger partial charge in [-0.15, -0.1) is 0 Å². The van der Waals surface area contributed by atoms with Gasteiger partial charge in [-0.1, -0.05) is 12.1 Å². The van der Waals surface area contributed by atoms with Crippen LogP contribution in [0.5, 0.6) is 0 Å². The maximum Gasteiger partial charge on any atom is 0.227 e. The normalized spacial score (nSPS) is 17.1. The van der Waals surface area contributed by atoms with Crippen LogP contribution in [-0.4, -0.2) is 52.7 Å². The van der Waals surface area contributed by atoms with Crippen molar-refractivity contribution in [3.8, 4) is 5.69 Å². The molecule has 26 heavy (non-hydrogen) atoms. The van der Waals surface area contributed by atoms with Crippen LogP contribution in [0.2, 0.25) is 0 Å². The quantitative estimate of drug-likeness (QED) is 0.799. The van der Waals surface area contributed by atoms with Gasteiger partial charge in [-0.3, -0.25) is 9.59 Å². The van der Waals surface area contributed by atoms with Crippen LogP contribution in [0.3, 0.4) is 0 Å². The first-order valence-electron chi connectivity index (χ1n) is 9.02. The fraction of sp³-hybridized carbons (Fsp3) is 0.421. The summed E-state index contributed by atoms with van der Waals surface area (Å²) in [6, 6.07) is 9.67. The van der Waals surface area contributed by atoms with E-state index in [2.05, 4.69) is 10.4 Å². The van der Waals surface area contributed by atoms with E-state index in [1.54, 1.807) is 15.8 Å². The number of likely N-dealkylation sites (tertiary alicyclic amines) is 1. The Hall–Kier alpha value is -2.67. The van der Waals surface area contributed by atoms with Gasteiger partial charge in [0, 0.05) is 38.6 Å². The molecule has 1 unspecified atom stereocenters. The number of carbonyl (C=O) groups is 2. The molecular formula is C19H25N5O2. The molecule has 138 valence electrons. The molecule has 3 rings (SSSR count). The van der Waals surface area contributed by atoms with E-state index >= 15 is 0 Å². The molecular weight excluding hydrogens is 330 g/mol. The second-order valence-electron chi connectivity index (χ2n) is 6.55. The Balaban J connectivity index is 1.56. The smallest absolute Gasteiger partial charge is 0.227 e. The second kappa shape index (κ2) is 8.62. The highest BCUT2D eigenvalue weighted by Crippen LogP contribution is 2.18. The number of carbonyl (C=O) groups excluding carboxylic acids is 2. The number of hydrogen-bond acceptors (Lipinski definition) is 4. The molecule has 1 atom stereocenters. The SMILES string of the molecule is NCCNC(=O)C1CCCN(C(=O)Cc2ccc(-n3cccn3)cc2)C1. The van der Waals surface area contributed by atoms with E-state index in [1.165, 1.54) is 0 Å². The first kappa shape index (κ1) is 18.1. The third-order valence-electron chi connectivity index (χ3n) is 4.65. The largest absolute Gasteiger partial charge is 0.355 e. The molecule has 1 aromatic carbocycles. The molecule has 2 aromatic rings. The Morgan fingerprint density at radius 2 is 2.08 bits per heavy atom. The van der Waals surface area contributed by atoms with Crippen molar-refractivity contribution in [1.29, 1.82) is 0 Å². The van der Waals surface area contributed by atoms with Gasteiger partial charge in [0.05, 0.1) is 18.0 Å². The van der Waals surface area contributed by atoms with E-state index in [-0.39, 0.29) is 17.7 Å². The van der Waals surface area contributed by atoms with Crippen molar-refractivity contribution in [2.24, 2.45) is 11.7 Å². The van der Waals surface area contributed by atoms with E-state index in [9.17, 15) is 9.59 Å². The summed E-state index contributed by atoms with van der Waals surface area (Å²) in [5.74, 6) is -0.0777. The zero-order chi connectivity index (χ0) is 18.4. The van der Waals surface area contributed by atoms with Crippen molar-refractivity contribution in [2.75, 3.05) is 26.2 Å². The predicted molar refractivity (Wildman–Crippen MR) is 98.6 cm³/mol. The van der Waals surface area contributed by atoms with Crippen molar-refractivity contribution >= 4 is 11.8 Å². The molecule has 1 aromatic heterocycles. The Labute approximate surface area is 153 Å². The number of rotatable bonds is 6. The van der Waals surface area contributed by atoms with Gasteiger partial charge in [-0.25, -0.2) is 4.68 Å². The van der Waals surface area contributed by atoms with Crippen molar-refractivity contribution in [3.05, 3.63) is 48.3 Å². The minimum absolute atomic E-state index is 0.00322. The Kier molecular flexibility index (Phi) is 6.01. The fourth-order valence-corrected chi connectivity index (χ4v) is 3.23. The number of hydrogen-bond donors (Lipinski definition) is 2. The topological polar surface area (TPSA) is 93.3 Å². The van der Waals surface area contributed by atoms with Crippen molar-refractivity contribution in [1.82, 2.24) is 20.0 Å². The average Bonchev–Trinajstić information content (AvgIpc) is 3.21. The summed E-state index contributed by atoms with van der Waals surface area (Å²) < 4.78 is 1.78. The molecule has 0 aliphatic carbocycles. The number of nitrogens with two attached hydrogens (primary N) is 1. The standard InChI is InChI=1S/C19H25N5O2/c20-8-10-21-19(26)16-3-1-11-23(14-16)18(25)13-15-4-6-17(7-5-15)24-12-2-9-22-24/h2,4-7,9,12,16H,1,3,8,10-11,13-14,20H2,(H,21,26). The third-order valence-corrected chi connectivity index (χ3v) is 4.65. The molecule has 7 heteroatoms. The van der Waals surface area contributed by atoms with Crippen LogP contribution in [0.25, 0.3) is 5.69 Å². The molecule has 1 aliphatic rings. The summed E-state index contributed by atoms with van der Waals surface area (Å²) in [4.78, 5) is 26.5. The summed E-state index contributed by atoms with van der Waals surface area (Å²) in [6.07, 6.45) is 5.62. The van der Waals surface area contributed by atoms with E-state index < -0.39 is 0 Å². The monoisotopic (exact) mass is 355 g/mol. The minimum atomic E-state index is -0.138. The van der Waals surface area contributed by atoms with Crippen LogP contribution in [-0.2, 0) is 16.0 Å². The van der Waals surface area contributed by atoms with Gasteiger partial charge < -0.3 is 16.0 Å². The molecule has 2 heterocycles. The highest BCUT2D eigenvalue weighted by atomic mass is 16.2. The lowest BCUT2D eigenvalue weighted by Gasteiger charge is -2.32. The van der Waals surface area contributed by atoms with Crippen LogP contribution in [0.15, 0.2) is 42.7 Å². The summed E-state index contributed by atoms with van der Waals surface area (Å²) in [5, 5.41) is 7.01. The summed E-state index contributed by atoms with van der Waals surface area (Å²) in [7, 11) is 0. The molecule has 1 aliphatic heterocycles. The first-order valence-corrected chi connectivity index (χ1v) is 9.02. The zero-order valence-electron chi connectivity index (χ0n) is 14.8. The highest BCUT2D eigenvalue weighted by molar-refractivity contribution is 5.82. The fourth-order valence-electron chi connectivity index (χ4n) is 3.23. The van der Waals surface area contributed by atoms with Gasteiger partial charge >= 0.3 is 0 Å². The van der Waals surface area contributed by atoms with Crippen LogP contribution in [0, 0.1) is 5.92 Å². The number of nitrogens with zero attached hydrogens (tertiary/aromatic N) is 3. The average molecular weight is 355 g/mol. The lowest BCUT2D eigenvalue weighted by Crippen LogP contribution is -2.46. The number of piperidine rings is 1. The van der Waals surface area contributed by atoms with Gasteiger partial charge in [0.25, 0.3) is 0 Å². The van der Waals surface area contributed by atoms with Gasteiger partial charge in [-0.2, -0.15) is 5.10 Å².